The first-order chi connectivity index (χ1) is 3.80. The van der Waals surface area contributed by atoms with E-state index in [2.05, 4.69) is 0 Å². The summed E-state index contributed by atoms with van der Waals surface area (Å²) in [5, 5.41) is 1.74. The predicted molar refractivity (Wildman–Crippen MR) is 40.1 cm³/mol. The third-order valence-corrected chi connectivity index (χ3v) is 2.63. The van der Waals surface area contributed by atoms with Crippen LogP contribution in [0, 0.1) is 0 Å². The third-order valence-electron chi connectivity index (χ3n) is 0.686. The number of halogens is 1. The van der Waals surface area contributed by atoms with Crippen LogP contribution >= 0.6 is 23.7 Å². The van der Waals surface area contributed by atoms with E-state index in [0.29, 0.717) is 4.21 Å². The Bertz CT molecular complexity index is 219. The fourth-order valence-electron chi connectivity index (χ4n) is 0.374. The molecular weight excluding hydrogens is 180 g/mol. The Hall–Kier alpha value is -0.0600. The lowest BCUT2D eigenvalue weighted by molar-refractivity contribution is 0.616. The molecule has 1 rings (SSSR count). The topological polar surface area (TPSA) is 34.1 Å². The van der Waals surface area contributed by atoms with Crippen molar-refractivity contribution in [1.82, 2.24) is 0 Å². The highest BCUT2D eigenvalue weighted by molar-refractivity contribution is 7.75. The molecule has 0 fully saturated rings. The van der Waals surface area contributed by atoms with Crippen LogP contribution in [-0.4, -0.2) is 8.42 Å². The summed E-state index contributed by atoms with van der Waals surface area (Å²) in [6.07, 6.45) is 0. The molecule has 52 valence electrons. The van der Waals surface area contributed by atoms with Crippen LogP contribution in [0.3, 0.4) is 0 Å². The van der Waals surface area contributed by atoms with Crippen LogP contribution in [-0.2, 0) is 10.7 Å². The fraction of sp³-hybridized carbons (Fsp3) is 0. The van der Waals surface area contributed by atoms with Gasteiger partial charge in [0.1, 0.15) is 4.21 Å². The Balaban J connectivity index is 0.000000640. The molecular formula is C4H5ClO2S2. The maximum atomic E-state index is 10.1. The second kappa shape index (κ2) is 3.87. The molecule has 0 saturated heterocycles. The number of hydrogen-bond donors (Lipinski definition) is 1. The lowest BCUT2D eigenvalue weighted by atomic mass is 10.7. The Kier molecular flexibility index (Phi) is 3.84. The molecule has 0 radical (unpaired) electrons. The average molecular weight is 185 g/mol. The molecule has 5 heteroatoms. The van der Waals surface area contributed by atoms with E-state index in [9.17, 15) is 8.42 Å². The van der Waals surface area contributed by atoms with Crippen molar-refractivity contribution >= 4 is 34.4 Å². The second-order valence-electron chi connectivity index (χ2n) is 1.21. The van der Waals surface area contributed by atoms with Crippen molar-refractivity contribution in [3.05, 3.63) is 17.5 Å². The van der Waals surface area contributed by atoms with E-state index in [-0.39, 0.29) is 12.4 Å². The van der Waals surface area contributed by atoms with Gasteiger partial charge >= 0.3 is 0 Å². The van der Waals surface area contributed by atoms with E-state index in [1.165, 1.54) is 11.3 Å². The largest absolute Gasteiger partial charge is 0.226 e. The van der Waals surface area contributed by atoms with E-state index < -0.39 is 10.7 Å². The van der Waals surface area contributed by atoms with Gasteiger partial charge in [-0.2, -0.15) is 0 Å². The van der Waals surface area contributed by atoms with Gasteiger partial charge in [-0.1, -0.05) is 6.07 Å². The maximum absolute atomic E-state index is 10.1. The molecule has 0 atom stereocenters. The Morgan fingerprint density at radius 3 is 2.33 bits per heavy atom. The second-order valence-corrected chi connectivity index (χ2v) is 3.45. The van der Waals surface area contributed by atoms with Crippen molar-refractivity contribution in [1.29, 1.82) is 0 Å². The Labute approximate surface area is 64.9 Å². The normalized spacial score (nSPS) is 9.00. The number of hydrogen-bond acceptors (Lipinski definition) is 3. The molecule has 0 aliphatic rings. The van der Waals surface area contributed by atoms with Crippen LogP contribution < -0.4 is 0 Å². The van der Waals surface area contributed by atoms with Gasteiger partial charge in [-0.15, -0.1) is 23.7 Å². The number of rotatable bonds is 1. The molecule has 1 heterocycles. The molecule has 9 heavy (non-hydrogen) atoms. The summed E-state index contributed by atoms with van der Waals surface area (Å²) in [7, 11) is -2.34. The molecule has 0 N–H and O–H groups in total. The zero-order valence-electron chi connectivity index (χ0n) is 4.31. The van der Waals surface area contributed by atoms with Crippen molar-refractivity contribution in [2.45, 2.75) is 4.21 Å². The number of thiol groups is 1. The minimum atomic E-state index is -2.34. The van der Waals surface area contributed by atoms with Crippen molar-refractivity contribution in [2.24, 2.45) is 0 Å². The maximum Gasteiger partial charge on any atom is 0.177 e. The molecule has 0 aliphatic carbocycles. The minimum absolute atomic E-state index is 0. The molecule has 0 amide bonds. The van der Waals surface area contributed by atoms with Gasteiger partial charge in [-0.05, 0) is 11.4 Å². The SMILES string of the molecule is Cl.O=[SH](=O)c1cccs1. The lowest BCUT2D eigenvalue weighted by Crippen LogP contribution is -1.66. The Morgan fingerprint density at radius 2 is 2.11 bits per heavy atom. The van der Waals surface area contributed by atoms with Crippen LogP contribution in [0.25, 0.3) is 0 Å². The van der Waals surface area contributed by atoms with Crippen LogP contribution in [0.2, 0.25) is 0 Å². The molecule has 1 aromatic rings. The standard InChI is InChI=1S/C4H4O2S2.ClH/c5-8(6)4-2-1-3-7-4;/h1-3,8H;1H. The van der Waals surface area contributed by atoms with Gasteiger partial charge in [0.25, 0.3) is 0 Å². The molecule has 0 unspecified atom stereocenters. The van der Waals surface area contributed by atoms with E-state index in [1.807, 2.05) is 0 Å². The zero-order valence-corrected chi connectivity index (χ0v) is 6.84. The van der Waals surface area contributed by atoms with E-state index in [1.54, 1.807) is 17.5 Å². The first-order valence-electron chi connectivity index (χ1n) is 1.98. The summed E-state index contributed by atoms with van der Waals surface area (Å²) in [5.74, 6) is 0. The summed E-state index contributed by atoms with van der Waals surface area (Å²) in [5.41, 5.74) is 0. The van der Waals surface area contributed by atoms with E-state index >= 15 is 0 Å². The van der Waals surface area contributed by atoms with Crippen molar-refractivity contribution in [3.63, 3.8) is 0 Å². The highest BCUT2D eigenvalue weighted by Gasteiger charge is 1.90. The monoisotopic (exact) mass is 184 g/mol. The van der Waals surface area contributed by atoms with Crippen LogP contribution in [0.1, 0.15) is 0 Å². The highest BCUT2D eigenvalue weighted by atomic mass is 35.5. The quantitative estimate of drug-likeness (QED) is 0.665. The fourth-order valence-corrected chi connectivity index (χ4v) is 1.56. The van der Waals surface area contributed by atoms with Crippen LogP contribution in [0.4, 0.5) is 0 Å². The van der Waals surface area contributed by atoms with Gasteiger partial charge in [0.15, 0.2) is 10.7 Å². The first kappa shape index (κ1) is 8.94. The summed E-state index contributed by atoms with van der Waals surface area (Å²) >= 11 is 1.23. The molecule has 0 saturated carbocycles. The molecule has 2 nitrogen and oxygen atoms in total. The third kappa shape index (κ3) is 2.34. The molecule has 1 aromatic heterocycles. The van der Waals surface area contributed by atoms with E-state index in [4.69, 9.17) is 0 Å². The minimum Gasteiger partial charge on any atom is -0.226 e. The summed E-state index contributed by atoms with van der Waals surface area (Å²) < 4.78 is 20.6. The predicted octanol–water partition coefficient (Wildman–Crippen LogP) is 1.14. The molecule has 0 bridgehead atoms. The van der Waals surface area contributed by atoms with Gasteiger partial charge in [0.05, 0.1) is 0 Å². The molecule has 0 aromatic carbocycles. The van der Waals surface area contributed by atoms with Gasteiger partial charge < -0.3 is 0 Å². The van der Waals surface area contributed by atoms with Crippen molar-refractivity contribution < 1.29 is 8.42 Å². The van der Waals surface area contributed by atoms with Gasteiger partial charge in [-0.25, -0.2) is 8.42 Å². The van der Waals surface area contributed by atoms with Crippen LogP contribution in [0.15, 0.2) is 21.7 Å². The van der Waals surface area contributed by atoms with Gasteiger partial charge in [0, 0.05) is 0 Å². The van der Waals surface area contributed by atoms with Gasteiger partial charge in [-0.3, -0.25) is 0 Å². The molecule has 0 spiro atoms. The van der Waals surface area contributed by atoms with Crippen molar-refractivity contribution in [2.75, 3.05) is 0 Å². The van der Waals surface area contributed by atoms with E-state index in [0.717, 1.165) is 0 Å². The highest BCUT2D eigenvalue weighted by Crippen LogP contribution is 2.08. The lowest BCUT2D eigenvalue weighted by Gasteiger charge is -1.70. The summed E-state index contributed by atoms with van der Waals surface area (Å²) in [6, 6.07) is 3.29. The smallest absolute Gasteiger partial charge is 0.177 e. The first-order valence-corrected chi connectivity index (χ1v) is 4.04. The van der Waals surface area contributed by atoms with Crippen molar-refractivity contribution in [3.8, 4) is 0 Å². The Morgan fingerprint density at radius 1 is 1.44 bits per heavy atom. The summed E-state index contributed by atoms with van der Waals surface area (Å²) in [4.78, 5) is 0. The molecule has 0 aliphatic heterocycles. The summed E-state index contributed by atoms with van der Waals surface area (Å²) in [6.45, 7) is 0. The zero-order chi connectivity index (χ0) is 5.98. The van der Waals surface area contributed by atoms with Gasteiger partial charge in [0.2, 0.25) is 0 Å². The number of thiophene rings is 1. The average Bonchev–Trinajstić information content (AvgIpc) is 2.12. The van der Waals surface area contributed by atoms with Crippen LogP contribution in [0.5, 0.6) is 0 Å².